The zero-order valence-electron chi connectivity index (χ0n) is 18.5. The first-order valence-electron chi connectivity index (χ1n) is 11.1. The molecule has 1 aliphatic heterocycles. The molecule has 32 heavy (non-hydrogen) atoms. The molecule has 1 amide bonds. The number of hydrogen-bond donors (Lipinski definition) is 2. The van der Waals surface area contributed by atoms with Crippen LogP contribution in [0.4, 0.5) is 13.9 Å². The van der Waals surface area contributed by atoms with Crippen molar-refractivity contribution in [2.24, 2.45) is 0 Å². The first-order valence-corrected chi connectivity index (χ1v) is 11.9. The number of nitrogens with one attached hydrogen (secondary N) is 2. The molecule has 9 heteroatoms. The van der Waals surface area contributed by atoms with Crippen molar-refractivity contribution in [2.45, 2.75) is 38.6 Å². The number of unbranched alkanes of at least 4 members (excludes halogenated alkanes) is 1. The Bertz CT molecular complexity index is 1070. The van der Waals surface area contributed by atoms with E-state index in [4.69, 9.17) is 0 Å². The Balaban J connectivity index is 1.46. The Morgan fingerprint density at radius 1 is 1.25 bits per heavy atom. The van der Waals surface area contributed by atoms with Crippen LogP contribution in [0.1, 0.15) is 41.4 Å². The minimum absolute atomic E-state index is 0.108. The molecular formula is C23H29F2N5OS. The molecule has 0 saturated carbocycles. The summed E-state index contributed by atoms with van der Waals surface area (Å²) in [5, 5.41) is 4.67. The number of H-pyrrole nitrogens is 1. The van der Waals surface area contributed by atoms with Crippen molar-refractivity contribution in [3.8, 4) is 0 Å². The summed E-state index contributed by atoms with van der Waals surface area (Å²) in [6.07, 6.45) is 6.74. The number of benzene rings is 1. The summed E-state index contributed by atoms with van der Waals surface area (Å²) in [5.74, 6) is -1.88. The molecule has 1 aromatic carbocycles. The van der Waals surface area contributed by atoms with Gasteiger partial charge in [-0.1, -0.05) is 31.1 Å². The lowest BCUT2D eigenvalue weighted by Gasteiger charge is -2.32. The van der Waals surface area contributed by atoms with Crippen LogP contribution in [-0.4, -0.2) is 60.0 Å². The summed E-state index contributed by atoms with van der Waals surface area (Å²) in [6, 6.07) is 2.29. The van der Waals surface area contributed by atoms with Gasteiger partial charge in [-0.3, -0.25) is 4.79 Å². The van der Waals surface area contributed by atoms with Crippen molar-refractivity contribution in [3.05, 3.63) is 46.6 Å². The number of likely N-dealkylation sites (N-methyl/N-ethyl adjacent to an activating group) is 1. The monoisotopic (exact) mass is 461 g/mol. The topological polar surface area (TPSA) is 64.3 Å². The molecule has 1 saturated heterocycles. The molecule has 4 rings (SSSR count). The van der Waals surface area contributed by atoms with Crippen molar-refractivity contribution in [3.63, 3.8) is 0 Å². The predicted molar refractivity (Wildman–Crippen MR) is 125 cm³/mol. The fraction of sp³-hybridized carbons (Fsp3) is 0.478. The number of amides is 1. The van der Waals surface area contributed by atoms with E-state index in [1.165, 1.54) is 23.5 Å². The molecule has 1 fully saturated rings. The molecule has 1 unspecified atom stereocenters. The molecular weight excluding hydrogens is 432 g/mol. The molecule has 1 aliphatic rings. The standard InChI is InChI=1S/C23H29F2N5OS/c1-3-4-5-16(10-15-13-26-20-12-19(25)18(24)11-17(15)20)28-22(31)21-14-27-23(32-21)30-8-6-29(2)7-9-30/h11-14,16,26H,3-10H2,1-2H3,(H,28,31). The van der Waals surface area contributed by atoms with Gasteiger partial charge in [-0.15, -0.1) is 0 Å². The number of nitrogens with zero attached hydrogens (tertiary/aromatic N) is 3. The van der Waals surface area contributed by atoms with Gasteiger partial charge in [0.2, 0.25) is 0 Å². The summed E-state index contributed by atoms with van der Waals surface area (Å²) >= 11 is 1.42. The van der Waals surface area contributed by atoms with Crippen molar-refractivity contribution in [2.75, 3.05) is 38.1 Å². The number of thiazole rings is 1. The van der Waals surface area contributed by atoms with Crippen LogP contribution in [0.5, 0.6) is 0 Å². The highest BCUT2D eigenvalue weighted by Crippen LogP contribution is 2.25. The number of piperazine rings is 1. The van der Waals surface area contributed by atoms with Crippen molar-refractivity contribution in [1.82, 2.24) is 20.2 Å². The second kappa shape index (κ2) is 9.95. The first-order chi connectivity index (χ1) is 15.4. The molecule has 3 heterocycles. The van der Waals surface area contributed by atoms with Gasteiger partial charge < -0.3 is 20.1 Å². The molecule has 2 aromatic heterocycles. The maximum atomic E-state index is 13.8. The second-order valence-electron chi connectivity index (χ2n) is 8.44. The predicted octanol–water partition coefficient (Wildman–Crippen LogP) is 4.19. The quantitative estimate of drug-likeness (QED) is 0.528. The second-order valence-corrected chi connectivity index (χ2v) is 9.45. The third kappa shape index (κ3) is 5.10. The molecule has 0 radical (unpaired) electrons. The lowest BCUT2D eigenvalue weighted by molar-refractivity contribution is 0.0938. The summed E-state index contributed by atoms with van der Waals surface area (Å²) in [4.78, 5) is 25.5. The van der Waals surface area contributed by atoms with Crippen molar-refractivity contribution < 1.29 is 13.6 Å². The van der Waals surface area contributed by atoms with E-state index in [-0.39, 0.29) is 11.9 Å². The maximum absolute atomic E-state index is 13.8. The van der Waals surface area contributed by atoms with Crippen LogP contribution < -0.4 is 10.2 Å². The van der Waals surface area contributed by atoms with Crippen LogP contribution in [0.25, 0.3) is 10.9 Å². The molecule has 3 aromatic rings. The third-order valence-electron chi connectivity index (χ3n) is 6.01. The van der Waals surface area contributed by atoms with Gasteiger partial charge in [0.25, 0.3) is 5.91 Å². The summed E-state index contributed by atoms with van der Waals surface area (Å²) < 4.78 is 27.3. The number of hydrogen-bond acceptors (Lipinski definition) is 5. The summed E-state index contributed by atoms with van der Waals surface area (Å²) in [5.41, 5.74) is 1.42. The zero-order chi connectivity index (χ0) is 22.7. The summed E-state index contributed by atoms with van der Waals surface area (Å²) in [7, 11) is 2.10. The SMILES string of the molecule is CCCCC(Cc1c[nH]c2cc(F)c(F)cc12)NC(=O)c1cnc(N2CCN(C)CC2)s1. The number of aromatic nitrogens is 2. The van der Waals surface area contributed by atoms with E-state index < -0.39 is 11.6 Å². The van der Waals surface area contributed by atoms with Crippen LogP contribution in [0.2, 0.25) is 0 Å². The van der Waals surface area contributed by atoms with Crippen LogP contribution in [0, 0.1) is 11.6 Å². The number of aromatic amines is 1. The number of carbonyl (C=O) groups excluding carboxylic acids is 1. The van der Waals surface area contributed by atoms with Gasteiger partial charge in [0.15, 0.2) is 16.8 Å². The van der Waals surface area contributed by atoms with Crippen LogP contribution in [0.3, 0.4) is 0 Å². The average Bonchev–Trinajstić information content (AvgIpc) is 3.41. The van der Waals surface area contributed by atoms with E-state index in [2.05, 4.69) is 39.1 Å². The molecule has 0 spiro atoms. The molecule has 6 nitrogen and oxygen atoms in total. The Labute approximate surface area is 190 Å². The van der Waals surface area contributed by atoms with Gasteiger partial charge in [0.1, 0.15) is 4.88 Å². The lowest BCUT2D eigenvalue weighted by Crippen LogP contribution is -2.44. The minimum atomic E-state index is -0.872. The Morgan fingerprint density at radius 3 is 2.75 bits per heavy atom. The number of rotatable bonds is 8. The Kier molecular flexibility index (Phi) is 7.05. The summed E-state index contributed by atoms with van der Waals surface area (Å²) in [6.45, 7) is 5.88. The van der Waals surface area contributed by atoms with E-state index in [1.54, 1.807) is 12.4 Å². The van der Waals surface area contributed by atoms with Gasteiger partial charge in [-0.2, -0.15) is 0 Å². The fourth-order valence-electron chi connectivity index (χ4n) is 4.06. The largest absolute Gasteiger partial charge is 0.361 e. The maximum Gasteiger partial charge on any atom is 0.263 e. The average molecular weight is 462 g/mol. The van der Waals surface area contributed by atoms with Gasteiger partial charge >= 0.3 is 0 Å². The molecule has 0 bridgehead atoms. The number of carbonyl (C=O) groups is 1. The van der Waals surface area contributed by atoms with Crippen LogP contribution in [-0.2, 0) is 6.42 Å². The van der Waals surface area contributed by atoms with Gasteiger partial charge in [0.05, 0.1) is 6.20 Å². The highest BCUT2D eigenvalue weighted by Gasteiger charge is 2.21. The Hall–Kier alpha value is -2.52. The zero-order valence-corrected chi connectivity index (χ0v) is 19.3. The molecule has 172 valence electrons. The van der Waals surface area contributed by atoms with Gasteiger partial charge in [-0.25, -0.2) is 13.8 Å². The normalized spacial score (nSPS) is 15.9. The first kappa shape index (κ1) is 22.7. The van der Waals surface area contributed by atoms with E-state index in [9.17, 15) is 13.6 Å². The van der Waals surface area contributed by atoms with Gasteiger partial charge in [0, 0.05) is 55.4 Å². The van der Waals surface area contributed by atoms with E-state index in [0.717, 1.165) is 56.1 Å². The van der Waals surface area contributed by atoms with Crippen LogP contribution >= 0.6 is 11.3 Å². The lowest BCUT2D eigenvalue weighted by atomic mass is 10.00. The number of fused-ring (bicyclic) bond motifs is 1. The van der Waals surface area contributed by atoms with Crippen LogP contribution in [0.15, 0.2) is 24.5 Å². The van der Waals surface area contributed by atoms with Crippen molar-refractivity contribution in [1.29, 1.82) is 0 Å². The number of anilines is 1. The third-order valence-corrected chi connectivity index (χ3v) is 7.06. The smallest absolute Gasteiger partial charge is 0.263 e. The fourth-order valence-corrected chi connectivity index (χ4v) is 4.93. The molecule has 2 N–H and O–H groups in total. The van der Waals surface area contributed by atoms with E-state index in [1.807, 2.05) is 0 Å². The minimum Gasteiger partial charge on any atom is -0.361 e. The van der Waals surface area contributed by atoms with Gasteiger partial charge in [-0.05, 0) is 31.5 Å². The van der Waals surface area contributed by atoms with E-state index >= 15 is 0 Å². The molecule has 1 atom stereocenters. The molecule has 0 aliphatic carbocycles. The highest BCUT2D eigenvalue weighted by atomic mass is 32.1. The Morgan fingerprint density at radius 2 is 2.00 bits per heavy atom. The number of halogens is 2. The highest BCUT2D eigenvalue weighted by molar-refractivity contribution is 7.17. The van der Waals surface area contributed by atoms with Crippen molar-refractivity contribution >= 4 is 33.3 Å². The van der Waals surface area contributed by atoms with E-state index in [0.29, 0.717) is 22.2 Å².